The molecule has 2 aromatic rings. The van der Waals surface area contributed by atoms with Gasteiger partial charge < -0.3 is 4.74 Å². The predicted octanol–water partition coefficient (Wildman–Crippen LogP) is 3.81. The second-order valence-corrected chi connectivity index (χ2v) is 5.37. The summed E-state index contributed by atoms with van der Waals surface area (Å²) in [6.07, 6.45) is 0.403. The maximum absolute atomic E-state index is 11.5. The van der Waals surface area contributed by atoms with Crippen LogP contribution in [-0.2, 0) is 16.1 Å². The van der Waals surface area contributed by atoms with E-state index in [1.54, 1.807) is 0 Å². The lowest BCUT2D eigenvalue weighted by molar-refractivity contribution is -0.141. The number of carbonyl (C=O) groups excluding carboxylic acids is 1. The van der Waals surface area contributed by atoms with Crippen molar-refractivity contribution >= 4 is 5.97 Å². The lowest BCUT2D eigenvalue weighted by Crippen LogP contribution is -2.29. The maximum Gasteiger partial charge on any atom is 0.306 e. The smallest absolute Gasteiger partial charge is 0.306 e. The van der Waals surface area contributed by atoms with Crippen LogP contribution in [-0.4, -0.2) is 24.5 Å². The number of esters is 1. The number of rotatable bonds is 7. The summed E-state index contributed by atoms with van der Waals surface area (Å²) in [5.74, 6) is -0.168. The lowest BCUT2D eigenvalue weighted by atomic mass is 10.1. The van der Waals surface area contributed by atoms with Gasteiger partial charge in [-0.2, -0.15) is 0 Å². The average molecular weight is 297 g/mol. The molecule has 0 aliphatic rings. The van der Waals surface area contributed by atoms with Gasteiger partial charge in [0.05, 0.1) is 13.5 Å². The minimum absolute atomic E-state index is 0.168. The van der Waals surface area contributed by atoms with Gasteiger partial charge in [-0.15, -0.1) is 0 Å². The van der Waals surface area contributed by atoms with Crippen LogP contribution in [0.25, 0.3) is 0 Å². The summed E-state index contributed by atoms with van der Waals surface area (Å²) < 4.78 is 4.77. The standard InChI is InChI=1S/C19H23NO2/c1-16(18-11-7-4-8-12-18)20(14-13-19(21)22-2)15-17-9-5-3-6-10-17/h3-12,16H,13-15H2,1-2H3/t16-/m0/s1. The van der Waals surface area contributed by atoms with E-state index in [0.717, 1.165) is 6.54 Å². The largest absolute Gasteiger partial charge is 0.469 e. The summed E-state index contributed by atoms with van der Waals surface area (Å²) in [6.45, 7) is 3.67. The number of hydrogen-bond donors (Lipinski definition) is 0. The molecule has 0 radical (unpaired) electrons. The molecule has 0 aliphatic heterocycles. The molecule has 116 valence electrons. The molecule has 0 fully saturated rings. The number of carbonyl (C=O) groups is 1. The zero-order valence-corrected chi connectivity index (χ0v) is 13.2. The molecule has 1 atom stereocenters. The van der Waals surface area contributed by atoms with E-state index in [1.165, 1.54) is 18.2 Å². The fourth-order valence-corrected chi connectivity index (χ4v) is 2.51. The van der Waals surface area contributed by atoms with Crippen molar-refractivity contribution in [2.45, 2.75) is 25.9 Å². The first kappa shape index (κ1) is 16.2. The van der Waals surface area contributed by atoms with Gasteiger partial charge in [-0.05, 0) is 18.1 Å². The molecule has 0 bridgehead atoms. The Hall–Kier alpha value is -2.13. The highest BCUT2D eigenvalue weighted by Crippen LogP contribution is 2.22. The van der Waals surface area contributed by atoms with Crippen LogP contribution in [0.15, 0.2) is 60.7 Å². The average Bonchev–Trinajstić information content (AvgIpc) is 2.59. The number of methoxy groups -OCH3 is 1. The number of benzene rings is 2. The predicted molar refractivity (Wildman–Crippen MR) is 88.3 cm³/mol. The van der Waals surface area contributed by atoms with Gasteiger partial charge in [0.25, 0.3) is 0 Å². The molecule has 2 rings (SSSR count). The Morgan fingerprint density at radius 1 is 1.05 bits per heavy atom. The fraction of sp³-hybridized carbons (Fsp3) is 0.316. The van der Waals surface area contributed by atoms with Crippen LogP contribution in [0.2, 0.25) is 0 Å². The molecule has 0 unspecified atom stereocenters. The number of ether oxygens (including phenoxy) is 1. The SMILES string of the molecule is COC(=O)CCN(Cc1ccccc1)[C@@H](C)c1ccccc1. The highest BCUT2D eigenvalue weighted by molar-refractivity contribution is 5.69. The van der Waals surface area contributed by atoms with Gasteiger partial charge in [-0.3, -0.25) is 9.69 Å². The first-order valence-corrected chi connectivity index (χ1v) is 7.60. The molecular weight excluding hydrogens is 274 g/mol. The van der Waals surface area contributed by atoms with Crippen LogP contribution in [0.5, 0.6) is 0 Å². The Labute approximate surface area is 132 Å². The van der Waals surface area contributed by atoms with Crippen molar-refractivity contribution in [3.05, 3.63) is 71.8 Å². The summed E-state index contributed by atoms with van der Waals surface area (Å²) in [6, 6.07) is 20.9. The van der Waals surface area contributed by atoms with E-state index in [4.69, 9.17) is 4.74 Å². The van der Waals surface area contributed by atoms with E-state index in [-0.39, 0.29) is 12.0 Å². The third-order valence-electron chi connectivity index (χ3n) is 3.89. The molecule has 3 nitrogen and oxygen atoms in total. The fourth-order valence-electron chi connectivity index (χ4n) is 2.51. The highest BCUT2D eigenvalue weighted by atomic mass is 16.5. The Balaban J connectivity index is 2.11. The highest BCUT2D eigenvalue weighted by Gasteiger charge is 2.17. The topological polar surface area (TPSA) is 29.5 Å². The number of hydrogen-bond acceptors (Lipinski definition) is 3. The molecule has 0 saturated carbocycles. The molecule has 3 heteroatoms. The molecule has 0 saturated heterocycles. The lowest BCUT2D eigenvalue weighted by Gasteiger charge is -2.29. The first-order chi connectivity index (χ1) is 10.7. The van der Waals surface area contributed by atoms with Gasteiger partial charge in [0, 0.05) is 19.1 Å². The van der Waals surface area contributed by atoms with E-state index in [1.807, 2.05) is 36.4 Å². The van der Waals surface area contributed by atoms with E-state index >= 15 is 0 Å². The molecule has 0 N–H and O–H groups in total. The Kier molecular flexibility index (Phi) is 6.16. The van der Waals surface area contributed by atoms with Crippen LogP contribution in [0.3, 0.4) is 0 Å². The Morgan fingerprint density at radius 2 is 1.64 bits per heavy atom. The number of nitrogens with zero attached hydrogens (tertiary/aromatic N) is 1. The quantitative estimate of drug-likeness (QED) is 0.728. The van der Waals surface area contributed by atoms with Crippen molar-refractivity contribution in [1.82, 2.24) is 4.90 Å². The van der Waals surface area contributed by atoms with E-state index in [9.17, 15) is 4.79 Å². The van der Waals surface area contributed by atoms with Gasteiger partial charge in [0.2, 0.25) is 0 Å². The molecule has 22 heavy (non-hydrogen) atoms. The van der Waals surface area contributed by atoms with E-state index in [2.05, 4.69) is 36.1 Å². The molecule has 0 aromatic heterocycles. The molecule has 0 spiro atoms. The summed E-state index contributed by atoms with van der Waals surface area (Å²) in [5.41, 5.74) is 2.50. The zero-order chi connectivity index (χ0) is 15.8. The van der Waals surface area contributed by atoms with Gasteiger partial charge in [-0.1, -0.05) is 60.7 Å². The molecule has 0 amide bonds. The Bertz CT molecular complexity index is 569. The van der Waals surface area contributed by atoms with Crippen LogP contribution in [0.4, 0.5) is 0 Å². The first-order valence-electron chi connectivity index (χ1n) is 7.60. The normalized spacial score (nSPS) is 12.1. The van der Waals surface area contributed by atoms with Gasteiger partial charge in [-0.25, -0.2) is 0 Å². The van der Waals surface area contributed by atoms with Crippen LogP contribution in [0, 0.1) is 0 Å². The molecule has 0 heterocycles. The minimum atomic E-state index is -0.168. The second kappa shape index (κ2) is 8.35. The molecule has 0 aliphatic carbocycles. The van der Waals surface area contributed by atoms with Crippen molar-refractivity contribution in [2.24, 2.45) is 0 Å². The third kappa shape index (κ3) is 4.71. The van der Waals surface area contributed by atoms with Crippen LogP contribution < -0.4 is 0 Å². The van der Waals surface area contributed by atoms with Crippen molar-refractivity contribution in [3.8, 4) is 0 Å². The summed E-state index contributed by atoms with van der Waals surface area (Å²) in [4.78, 5) is 13.8. The van der Waals surface area contributed by atoms with Gasteiger partial charge in [0.1, 0.15) is 0 Å². The van der Waals surface area contributed by atoms with Gasteiger partial charge >= 0.3 is 5.97 Å². The van der Waals surface area contributed by atoms with Crippen molar-refractivity contribution in [3.63, 3.8) is 0 Å². The van der Waals surface area contributed by atoms with Crippen molar-refractivity contribution in [1.29, 1.82) is 0 Å². The summed E-state index contributed by atoms with van der Waals surface area (Å²) in [5, 5.41) is 0. The summed E-state index contributed by atoms with van der Waals surface area (Å²) in [7, 11) is 1.44. The van der Waals surface area contributed by atoms with Crippen molar-refractivity contribution in [2.75, 3.05) is 13.7 Å². The Morgan fingerprint density at radius 3 is 2.23 bits per heavy atom. The molecule has 2 aromatic carbocycles. The third-order valence-corrected chi connectivity index (χ3v) is 3.89. The molecular formula is C19H23NO2. The second-order valence-electron chi connectivity index (χ2n) is 5.37. The monoisotopic (exact) mass is 297 g/mol. The summed E-state index contributed by atoms with van der Waals surface area (Å²) >= 11 is 0. The van der Waals surface area contributed by atoms with Crippen molar-refractivity contribution < 1.29 is 9.53 Å². The maximum atomic E-state index is 11.5. The van der Waals surface area contributed by atoms with Crippen LogP contribution in [0.1, 0.15) is 30.5 Å². The van der Waals surface area contributed by atoms with Gasteiger partial charge in [0.15, 0.2) is 0 Å². The zero-order valence-electron chi connectivity index (χ0n) is 13.2. The van der Waals surface area contributed by atoms with E-state index < -0.39 is 0 Å². The minimum Gasteiger partial charge on any atom is -0.469 e. The van der Waals surface area contributed by atoms with Crippen LogP contribution >= 0.6 is 0 Å². The van der Waals surface area contributed by atoms with E-state index in [0.29, 0.717) is 13.0 Å².